The topological polar surface area (TPSA) is 63.1 Å². The molecule has 1 aliphatic heterocycles. The molecule has 1 aromatic carbocycles. The van der Waals surface area contributed by atoms with Crippen LogP contribution >= 0.6 is 0 Å². The Balaban J connectivity index is 1.36. The van der Waals surface area contributed by atoms with Crippen molar-refractivity contribution in [3.05, 3.63) is 23.8 Å². The van der Waals surface area contributed by atoms with E-state index in [4.69, 9.17) is 0 Å². The van der Waals surface area contributed by atoms with Gasteiger partial charge in [0.15, 0.2) is 0 Å². The number of aromatic nitrogens is 3. The molecule has 0 spiro atoms. The first-order valence-electron chi connectivity index (χ1n) is 9.58. The smallest absolute Gasteiger partial charge is 0.317 e. The van der Waals surface area contributed by atoms with E-state index in [2.05, 4.69) is 40.8 Å². The van der Waals surface area contributed by atoms with Crippen molar-refractivity contribution in [2.75, 3.05) is 13.1 Å². The first kappa shape index (κ1) is 16.4. The molecule has 2 aromatic rings. The van der Waals surface area contributed by atoms with Crippen LogP contribution in [0.15, 0.2) is 18.2 Å². The number of carbonyl (C=O) groups is 1. The van der Waals surface area contributed by atoms with Crippen molar-refractivity contribution < 1.29 is 4.79 Å². The third-order valence-corrected chi connectivity index (χ3v) is 5.66. The minimum Gasteiger partial charge on any atom is -0.335 e. The molecular formula is C19H27N5O. The lowest BCUT2D eigenvalue weighted by Crippen LogP contribution is -2.48. The van der Waals surface area contributed by atoms with Crippen LogP contribution in [0.5, 0.6) is 0 Å². The summed E-state index contributed by atoms with van der Waals surface area (Å²) in [5.74, 6) is 0. The molecule has 0 unspecified atom stereocenters. The second-order valence-corrected chi connectivity index (χ2v) is 7.53. The second-order valence-electron chi connectivity index (χ2n) is 7.53. The molecule has 0 atom stereocenters. The summed E-state index contributed by atoms with van der Waals surface area (Å²) in [4.78, 5) is 14.5. The molecule has 1 saturated heterocycles. The van der Waals surface area contributed by atoms with Gasteiger partial charge in [0.05, 0.1) is 11.6 Å². The first-order valence-corrected chi connectivity index (χ1v) is 9.58. The average Bonchev–Trinajstić information content (AvgIpc) is 3.05. The van der Waals surface area contributed by atoms with Crippen LogP contribution in [0, 0.1) is 6.92 Å². The summed E-state index contributed by atoms with van der Waals surface area (Å²) in [6.45, 7) is 3.65. The zero-order valence-corrected chi connectivity index (χ0v) is 14.9. The summed E-state index contributed by atoms with van der Waals surface area (Å²) in [6.07, 6.45) is 7.93. The summed E-state index contributed by atoms with van der Waals surface area (Å²) in [6, 6.07) is 7.10. The molecule has 2 aliphatic rings. The van der Waals surface area contributed by atoms with Crippen LogP contribution in [0.4, 0.5) is 4.79 Å². The fourth-order valence-corrected chi connectivity index (χ4v) is 4.15. The molecular weight excluding hydrogens is 314 g/mol. The monoisotopic (exact) mass is 341 g/mol. The van der Waals surface area contributed by atoms with Gasteiger partial charge in [0.25, 0.3) is 0 Å². The number of benzene rings is 1. The number of piperidine rings is 1. The number of amides is 2. The highest BCUT2D eigenvalue weighted by Gasteiger charge is 2.27. The fraction of sp³-hybridized carbons (Fsp3) is 0.632. The Morgan fingerprint density at radius 1 is 1.12 bits per heavy atom. The number of hydrogen-bond donors (Lipinski definition) is 1. The van der Waals surface area contributed by atoms with Crippen LogP contribution in [0.25, 0.3) is 11.0 Å². The standard InChI is InChI=1S/C19H27N5O/c1-14-7-8-18-17(13-14)21-22-24(18)16-9-11-23(12-10-16)19(25)20-15-5-3-2-4-6-15/h7-8,13,15-16H,2-6,9-12H2,1H3,(H,20,25). The summed E-state index contributed by atoms with van der Waals surface area (Å²) in [5.41, 5.74) is 3.25. The number of fused-ring (bicyclic) bond motifs is 1. The minimum absolute atomic E-state index is 0.115. The van der Waals surface area contributed by atoms with E-state index in [9.17, 15) is 4.79 Å². The molecule has 6 heteroatoms. The lowest BCUT2D eigenvalue weighted by molar-refractivity contribution is 0.163. The van der Waals surface area contributed by atoms with Crippen molar-refractivity contribution in [1.29, 1.82) is 0 Å². The normalized spacial score (nSPS) is 20.1. The average molecular weight is 341 g/mol. The first-order chi connectivity index (χ1) is 12.2. The Bertz CT molecular complexity index is 741. The fourth-order valence-electron chi connectivity index (χ4n) is 4.15. The third kappa shape index (κ3) is 3.48. The van der Waals surface area contributed by atoms with Crippen molar-refractivity contribution in [3.8, 4) is 0 Å². The molecule has 1 saturated carbocycles. The van der Waals surface area contributed by atoms with Crippen molar-refractivity contribution in [3.63, 3.8) is 0 Å². The molecule has 134 valence electrons. The van der Waals surface area contributed by atoms with Gasteiger partial charge in [-0.25, -0.2) is 9.48 Å². The number of urea groups is 1. The molecule has 2 amide bonds. The van der Waals surface area contributed by atoms with Gasteiger partial charge in [-0.2, -0.15) is 0 Å². The van der Waals surface area contributed by atoms with E-state index in [1.54, 1.807) is 0 Å². The van der Waals surface area contributed by atoms with Crippen LogP contribution in [-0.4, -0.2) is 45.1 Å². The zero-order chi connectivity index (χ0) is 17.2. The SMILES string of the molecule is Cc1ccc2c(c1)nnn2C1CCN(C(=O)NC2CCCCC2)CC1. The maximum Gasteiger partial charge on any atom is 0.317 e. The van der Waals surface area contributed by atoms with Gasteiger partial charge in [-0.15, -0.1) is 5.10 Å². The molecule has 1 aromatic heterocycles. The quantitative estimate of drug-likeness (QED) is 0.910. The van der Waals surface area contributed by atoms with Crippen molar-refractivity contribution in [1.82, 2.24) is 25.2 Å². The molecule has 1 N–H and O–H groups in total. The van der Waals surface area contributed by atoms with E-state index in [0.29, 0.717) is 12.1 Å². The number of nitrogens with zero attached hydrogens (tertiary/aromatic N) is 4. The lowest BCUT2D eigenvalue weighted by Gasteiger charge is -2.34. The molecule has 1 aliphatic carbocycles. The summed E-state index contributed by atoms with van der Waals surface area (Å²) in [7, 11) is 0. The number of likely N-dealkylation sites (tertiary alicyclic amines) is 1. The summed E-state index contributed by atoms with van der Waals surface area (Å²) >= 11 is 0. The zero-order valence-electron chi connectivity index (χ0n) is 14.9. The minimum atomic E-state index is 0.115. The van der Waals surface area contributed by atoms with E-state index >= 15 is 0 Å². The molecule has 25 heavy (non-hydrogen) atoms. The predicted octanol–water partition coefficient (Wildman–Crippen LogP) is 3.42. The number of hydrogen-bond acceptors (Lipinski definition) is 3. The van der Waals surface area contributed by atoms with E-state index < -0.39 is 0 Å². The van der Waals surface area contributed by atoms with Gasteiger partial charge < -0.3 is 10.2 Å². The summed E-state index contributed by atoms with van der Waals surface area (Å²) in [5, 5.41) is 11.9. The highest BCUT2D eigenvalue weighted by atomic mass is 16.2. The van der Waals surface area contributed by atoms with Crippen LogP contribution in [-0.2, 0) is 0 Å². The molecule has 0 bridgehead atoms. The maximum atomic E-state index is 12.5. The van der Waals surface area contributed by atoms with Crippen LogP contribution in [0.3, 0.4) is 0 Å². The van der Waals surface area contributed by atoms with Crippen LogP contribution in [0.2, 0.25) is 0 Å². The van der Waals surface area contributed by atoms with E-state index in [1.165, 1.54) is 24.8 Å². The van der Waals surface area contributed by atoms with E-state index in [-0.39, 0.29) is 6.03 Å². The van der Waals surface area contributed by atoms with Gasteiger partial charge in [-0.05, 0) is 50.3 Å². The van der Waals surface area contributed by atoms with Gasteiger partial charge >= 0.3 is 6.03 Å². The van der Waals surface area contributed by atoms with Gasteiger partial charge in [-0.1, -0.05) is 30.5 Å². The van der Waals surface area contributed by atoms with Crippen LogP contribution < -0.4 is 5.32 Å². The Morgan fingerprint density at radius 2 is 1.88 bits per heavy atom. The van der Waals surface area contributed by atoms with Gasteiger partial charge in [0.2, 0.25) is 0 Å². The van der Waals surface area contributed by atoms with E-state index in [0.717, 1.165) is 49.8 Å². The summed E-state index contributed by atoms with van der Waals surface area (Å²) < 4.78 is 2.05. The third-order valence-electron chi connectivity index (χ3n) is 5.66. The van der Waals surface area contributed by atoms with Gasteiger partial charge in [-0.3, -0.25) is 0 Å². The number of rotatable bonds is 2. The van der Waals surface area contributed by atoms with Crippen molar-refractivity contribution in [2.24, 2.45) is 0 Å². The van der Waals surface area contributed by atoms with Crippen molar-refractivity contribution >= 4 is 17.1 Å². The molecule has 0 radical (unpaired) electrons. The van der Waals surface area contributed by atoms with Crippen LogP contribution in [0.1, 0.15) is 56.6 Å². The Labute approximate surface area is 148 Å². The largest absolute Gasteiger partial charge is 0.335 e. The maximum absolute atomic E-state index is 12.5. The lowest BCUT2D eigenvalue weighted by atomic mass is 9.95. The predicted molar refractivity (Wildman–Crippen MR) is 97.5 cm³/mol. The van der Waals surface area contributed by atoms with Gasteiger partial charge in [0.1, 0.15) is 5.52 Å². The highest BCUT2D eigenvalue weighted by molar-refractivity contribution is 5.75. The second kappa shape index (κ2) is 7.02. The Hall–Kier alpha value is -2.11. The molecule has 4 rings (SSSR count). The molecule has 6 nitrogen and oxygen atoms in total. The Morgan fingerprint density at radius 3 is 2.64 bits per heavy atom. The van der Waals surface area contributed by atoms with E-state index in [1.807, 2.05) is 9.58 Å². The molecule has 2 fully saturated rings. The molecule has 2 heterocycles. The highest BCUT2D eigenvalue weighted by Crippen LogP contribution is 2.26. The number of carbonyl (C=O) groups excluding carboxylic acids is 1. The van der Waals surface area contributed by atoms with Gasteiger partial charge in [0, 0.05) is 19.1 Å². The number of aryl methyl sites for hydroxylation is 1. The Kier molecular flexibility index (Phi) is 4.59. The number of nitrogens with one attached hydrogen (secondary N) is 1. The van der Waals surface area contributed by atoms with Crippen molar-refractivity contribution in [2.45, 2.75) is 64.0 Å².